The van der Waals surface area contributed by atoms with Gasteiger partial charge in [-0.15, -0.1) is 5.10 Å². The molecule has 12 heteroatoms. The van der Waals surface area contributed by atoms with Gasteiger partial charge in [-0.3, -0.25) is 0 Å². The summed E-state index contributed by atoms with van der Waals surface area (Å²) in [4.78, 5) is 15.1. The molecular formula is C7H6F3N5O3S. The van der Waals surface area contributed by atoms with E-state index in [0.717, 1.165) is 12.6 Å². The van der Waals surface area contributed by atoms with Gasteiger partial charge in [-0.05, 0) is 0 Å². The average Bonchev–Trinajstić information content (AvgIpc) is 2.64. The first-order valence-corrected chi connectivity index (χ1v) is 6.56. The monoisotopic (exact) mass is 297 g/mol. The van der Waals surface area contributed by atoms with Gasteiger partial charge in [0.05, 0.1) is 0 Å². The van der Waals surface area contributed by atoms with Crippen LogP contribution in [0.2, 0.25) is 0 Å². The number of aromatic nitrogens is 5. The van der Waals surface area contributed by atoms with Gasteiger partial charge in [0, 0.05) is 6.26 Å². The molecule has 0 spiro atoms. The number of imidazole rings is 1. The maximum absolute atomic E-state index is 12.2. The van der Waals surface area contributed by atoms with Crippen molar-refractivity contribution in [3.8, 4) is 0 Å². The van der Waals surface area contributed by atoms with Crippen molar-refractivity contribution in [3.63, 3.8) is 0 Å². The summed E-state index contributed by atoms with van der Waals surface area (Å²) < 4.78 is 59.8. The lowest BCUT2D eigenvalue weighted by molar-refractivity contribution is -0.144. The number of hydrogen-bond donors (Lipinski definition) is 0. The number of fused-ring (bicyclic) bond motifs is 1. The predicted molar refractivity (Wildman–Crippen MR) is 54.2 cm³/mol. The molecular weight excluding hydrogens is 291 g/mol. The molecule has 0 amide bonds. The third kappa shape index (κ3) is 2.57. The van der Waals surface area contributed by atoms with Crippen molar-refractivity contribution < 1.29 is 21.6 Å². The molecule has 2 rings (SSSR count). The van der Waals surface area contributed by atoms with Crippen LogP contribution in [0.1, 0.15) is 0 Å². The van der Waals surface area contributed by atoms with Crippen LogP contribution in [0.5, 0.6) is 0 Å². The summed E-state index contributed by atoms with van der Waals surface area (Å²) in [6, 6.07) is 0. The highest BCUT2D eigenvalue weighted by molar-refractivity contribution is 7.90. The van der Waals surface area contributed by atoms with Gasteiger partial charge >= 0.3 is 11.9 Å². The molecule has 0 bridgehead atoms. The maximum atomic E-state index is 12.2. The van der Waals surface area contributed by atoms with Gasteiger partial charge in [-0.2, -0.15) is 17.9 Å². The van der Waals surface area contributed by atoms with Gasteiger partial charge < -0.3 is 0 Å². The summed E-state index contributed by atoms with van der Waals surface area (Å²) in [6.45, 7) is -1.62. The van der Waals surface area contributed by atoms with Crippen LogP contribution in [0.25, 0.3) is 5.65 Å². The number of sulfone groups is 1. The Labute approximate surface area is 103 Å². The topological polar surface area (TPSA) is 99.2 Å². The van der Waals surface area contributed by atoms with E-state index >= 15 is 0 Å². The lowest BCUT2D eigenvalue weighted by atomic mass is 10.6. The highest BCUT2D eigenvalue weighted by Gasteiger charge is 2.30. The minimum atomic E-state index is -4.65. The zero-order valence-corrected chi connectivity index (χ0v) is 10.1. The molecule has 0 aliphatic heterocycles. The molecule has 0 saturated carbocycles. The summed E-state index contributed by atoms with van der Waals surface area (Å²) in [6.07, 6.45) is -3.03. The number of halogens is 3. The van der Waals surface area contributed by atoms with E-state index < -0.39 is 38.9 Å². The molecule has 2 aromatic rings. The highest BCUT2D eigenvalue weighted by atomic mass is 32.2. The van der Waals surface area contributed by atoms with Crippen LogP contribution in [0.4, 0.5) is 13.2 Å². The van der Waals surface area contributed by atoms with E-state index in [1.54, 1.807) is 0 Å². The third-order valence-corrected chi connectivity index (χ3v) is 3.05. The predicted octanol–water partition coefficient (Wildman–Crippen LogP) is -0.748. The molecule has 0 unspecified atom stereocenters. The van der Waals surface area contributed by atoms with Gasteiger partial charge in [0.25, 0.3) is 0 Å². The zero-order chi connectivity index (χ0) is 14.4. The van der Waals surface area contributed by atoms with Crippen LogP contribution >= 0.6 is 0 Å². The smallest absolute Gasteiger partial charge is 0.245 e. The summed E-state index contributed by atoms with van der Waals surface area (Å²) >= 11 is 0. The molecule has 0 aliphatic carbocycles. The zero-order valence-electron chi connectivity index (χ0n) is 9.29. The van der Waals surface area contributed by atoms with Crippen LogP contribution in [0.3, 0.4) is 0 Å². The van der Waals surface area contributed by atoms with E-state index in [9.17, 15) is 26.4 Å². The number of alkyl halides is 3. The Morgan fingerprint density at radius 2 is 2.00 bits per heavy atom. The Bertz CT molecular complexity index is 790. The molecule has 104 valence electrons. The molecule has 2 heterocycles. The van der Waals surface area contributed by atoms with E-state index in [0.29, 0.717) is 4.40 Å². The standard InChI is InChI=1S/C7H6F3N5O3S/c1-19(17,18)5-4-12-13-15(2-7(8,9)10)6(16)14(4)3-11-5/h3H,2H2,1H3. The molecule has 19 heavy (non-hydrogen) atoms. The van der Waals surface area contributed by atoms with E-state index in [-0.39, 0.29) is 4.68 Å². The van der Waals surface area contributed by atoms with Gasteiger partial charge in [-0.1, -0.05) is 5.21 Å². The van der Waals surface area contributed by atoms with Crippen LogP contribution < -0.4 is 5.69 Å². The van der Waals surface area contributed by atoms with Crippen molar-refractivity contribution in [2.75, 3.05) is 6.26 Å². The van der Waals surface area contributed by atoms with Crippen LogP contribution in [0, 0.1) is 0 Å². The van der Waals surface area contributed by atoms with Gasteiger partial charge in [0.15, 0.2) is 9.84 Å². The second-order valence-corrected chi connectivity index (χ2v) is 5.59. The molecule has 8 nitrogen and oxygen atoms in total. The van der Waals surface area contributed by atoms with Crippen molar-refractivity contribution in [1.82, 2.24) is 24.4 Å². The summed E-state index contributed by atoms with van der Waals surface area (Å²) in [5.74, 6) is 0. The first-order chi connectivity index (χ1) is 8.59. The van der Waals surface area contributed by atoms with E-state index in [4.69, 9.17) is 0 Å². The Morgan fingerprint density at radius 1 is 1.37 bits per heavy atom. The van der Waals surface area contributed by atoms with Gasteiger partial charge in [-0.25, -0.2) is 22.6 Å². The van der Waals surface area contributed by atoms with Crippen molar-refractivity contribution >= 4 is 15.5 Å². The lowest BCUT2D eigenvalue weighted by Gasteiger charge is -2.06. The van der Waals surface area contributed by atoms with E-state index in [1.807, 2.05) is 0 Å². The molecule has 0 fully saturated rings. The summed E-state index contributed by atoms with van der Waals surface area (Å²) in [7, 11) is -3.76. The van der Waals surface area contributed by atoms with Crippen molar-refractivity contribution in [1.29, 1.82) is 0 Å². The Hall–Kier alpha value is -1.98. The van der Waals surface area contributed by atoms with E-state index in [1.165, 1.54) is 0 Å². The quantitative estimate of drug-likeness (QED) is 0.723. The highest BCUT2D eigenvalue weighted by Crippen LogP contribution is 2.16. The second kappa shape index (κ2) is 4.01. The molecule has 0 aromatic carbocycles. The maximum Gasteiger partial charge on any atom is 0.408 e. The first-order valence-electron chi connectivity index (χ1n) is 4.67. The normalized spacial score (nSPS) is 13.1. The van der Waals surface area contributed by atoms with Crippen LogP contribution in [-0.4, -0.2) is 45.2 Å². The second-order valence-electron chi connectivity index (χ2n) is 3.66. The molecule has 0 atom stereocenters. The minimum absolute atomic E-state index is 0.0702. The summed E-state index contributed by atoms with van der Waals surface area (Å²) in [5.41, 5.74) is -1.59. The molecule has 0 saturated heterocycles. The number of hydrogen-bond acceptors (Lipinski definition) is 6. The Balaban J connectivity index is 2.66. The van der Waals surface area contributed by atoms with Crippen molar-refractivity contribution in [2.24, 2.45) is 0 Å². The third-order valence-electron chi connectivity index (χ3n) is 2.06. The molecule has 2 aromatic heterocycles. The number of rotatable bonds is 2. The van der Waals surface area contributed by atoms with Crippen molar-refractivity contribution in [3.05, 3.63) is 16.8 Å². The summed E-state index contributed by atoms with van der Waals surface area (Å²) in [5, 5.41) is 5.82. The molecule has 0 aliphatic rings. The molecule has 0 radical (unpaired) electrons. The largest absolute Gasteiger partial charge is 0.408 e. The minimum Gasteiger partial charge on any atom is -0.245 e. The van der Waals surface area contributed by atoms with Gasteiger partial charge in [0.2, 0.25) is 10.7 Å². The Kier molecular flexibility index (Phi) is 2.84. The van der Waals surface area contributed by atoms with Crippen LogP contribution in [0.15, 0.2) is 16.1 Å². The number of nitrogens with zero attached hydrogens (tertiary/aromatic N) is 5. The SMILES string of the molecule is CS(=O)(=O)c1ncn2c(=O)n(CC(F)(F)F)nnc12. The van der Waals surface area contributed by atoms with Crippen LogP contribution in [-0.2, 0) is 16.4 Å². The lowest BCUT2D eigenvalue weighted by Crippen LogP contribution is -2.34. The fraction of sp³-hybridized carbons (Fsp3) is 0.429. The van der Waals surface area contributed by atoms with E-state index in [2.05, 4.69) is 15.3 Å². The molecule has 0 N–H and O–H groups in total. The van der Waals surface area contributed by atoms with Crippen molar-refractivity contribution in [2.45, 2.75) is 17.7 Å². The fourth-order valence-electron chi connectivity index (χ4n) is 1.35. The fourth-order valence-corrected chi connectivity index (χ4v) is 2.06. The van der Waals surface area contributed by atoms with Gasteiger partial charge in [0.1, 0.15) is 12.9 Å². The average molecular weight is 297 g/mol. The first kappa shape index (κ1) is 13.5. The Morgan fingerprint density at radius 3 is 2.53 bits per heavy atom.